The molecule has 0 radical (unpaired) electrons. The Labute approximate surface area is 84.4 Å². The van der Waals surface area contributed by atoms with Crippen LogP contribution in [0.2, 0.25) is 0 Å². The lowest BCUT2D eigenvalue weighted by Crippen LogP contribution is -2.29. The number of rotatable bonds is 7. The van der Waals surface area contributed by atoms with Crippen LogP contribution in [0.4, 0.5) is 4.79 Å². The van der Waals surface area contributed by atoms with Gasteiger partial charge < -0.3 is 19.9 Å². The van der Waals surface area contributed by atoms with Gasteiger partial charge in [0.25, 0.3) is 0 Å². The fraction of sp³-hybridized carbons (Fsp3) is 0.889. The van der Waals surface area contributed by atoms with E-state index in [-0.39, 0.29) is 6.61 Å². The molecule has 0 aromatic carbocycles. The second-order valence-electron chi connectivity index (χ2n) is 3.26. The standard InChI is InChI=1S/C9H19NO4/c1-8(2)7-14-9(12)10-3-5-13-6-4-11/h8,11H,3-7H2,1-2H3,(H,10,12). The number of carbonyl (C=O) groups is 1. The first-order valence-electron chi connectivity index (χ1n) is 4.76. The highest BCUT2D eigenvalue weighted by atomic mass is 16.5. The maximum Gasteiger partial charge on any atom is 0.407 e. The third-order valence-electron chi connectivity index (χ3n) is 1.30. The molecule has 0 aliphatic carbocycles. The molecular formula is C9H19NO4. The molecular weight excluding hydrogens is 186 g/mol. The van der Waals surface area contributed by atoms with Crippen LogP contribution in [0.5, 0.6) is 0 Å². The zero-order chi connectivity index (χ0) is 10.8. The number of alkyl carbamates (subject to hydrolysis) is 1. The first kappa shape index (κ1) is 13.2. The Balaban J connectivity index is 3.18. The van der Waals surface area contributed by atoms with Gasteiger partial charge in [0, 0.05) is 6.54 Å². The number of nitrogens with one attached hydrogen (secondary N) is 1. The largest absolute Gasteiger partial charge is 0.449 e. The van der Waals surface area contributed by atoms with E-state index in [2.05, 4.69) is 5.32 Å². The highest BCUT2D eigenvalue weighted by Crippen LogP contribution is 1.91. The Morgan fingerprint density at radius 1 is 1.43 bits per heavy atom. The number of aliphatic hydroxyl groups excluding tert-OH is 1. The Morgan fingerprint density at radius 3 is 2.71 bits per heavy atom. The van der Waals surface area contributed by atoms with Gasteiger partial charge in [0.2, 0.25) is 0 Å². The number of aliphatic hydroxyl groups is 1. The van der Waals surface area contributed by atoms with Crippen molar-refractivity contribution < 1.29 is 19.4 Å². The van der Waals surface area contributed by atoms with Crippen molar-refractivity contribution >= 4 is 6.09 Å². The molecule has 0 spiro atoms. The molecule has 0 aromatic rings. The smallest absolute Gasteiger partial charge is 0.407 e. The normalized spacial score (nSPS) is 10.3. The van der Waals surface area contributed by atoms with Crippen LogP contribution < -0.4 is 5.32 Å². The maximum absolute atomic E-state index is 10.9. The number of hydrogen-bond acceptors (Lipinski definition) is 4. The SMILES string of the molecule is CC(C)COC(=O)NCCOCCO. The molecule has 5 heteroatoms. The summed E-state index contributed by atoms with van der Waals surface area (Å²) in [4.78, 5) is 10.9. The fourth-order valence-electron chi connectivity index (χ4n) is 0.685. The average molecular weight is 205 g/mol. The minimum absolute atomic E-state index is 0.00219. The Kier molecular flexibility index (Phi) is 8.27. The van der Waals surface area contributed by atoms with Crippen molar-refractivity contribution in [3.63, 3.8) is 0 Å². The number of amides is 1. The van der Waals surface area contributed by atoms with Crippen LogP contribution in [0, 0.1) is 5.92 Å². The molecule has 0 unspecified atom stereocenters. The predicted molar refractivity (Wildman–Crippen MR) is 52.1 cm³/mol. The molecule has 1 amide bonds. The summed E-state index contributed by atoms with van der Waals surface area (Å²) in [6.45, 7) is 5.44. The summed E-state index contributed by atoms with van der Waals surface area (Å²) in [6, 6.07) is 0. The summed E-state index contributed by atoms with van der Waals surface area (Å²) in [5.74, 6) is 0.339. The van der Waals surface area contributed by atoms with Gasteiger partial charge in [0.15, 0.2) is 0 Å². The predicted octanol–water partition coefficient (Wildman–Crippen LogP) is 0.377. The molecule has 0 fully saturated rings. The molecule has 0 aromatic heterocycles. The molecule has 2 N–H and O–H groups in total. The topological polar surface area (TPSA) is 67.8 Å². The summed E-state index contributed by atoms with van der Waals surface area (Å²) < 4.78 is 9.79. The molecule has 0 rings (SSSR count). The second-order valence-corrected chi connectivity index (χ2v) is 3.26. The first-order valence-corrected chi connectivity index (χ1v) is 4.76. The van der Waals surface area contributed by atoms with Crippen LogP contribution in [0.3, 0.4) is 0 Å². The fourth-order valence-corrected chi connectivity index (χ4v) is 0.685. The Bertz CT molecular complexity index is 150. The van der Waals surface area contributed by atoms with E-state index in [1.807, 2.05) is 13.8 Å². The zero-order valence-electron chi connectivity index (χ0n) is 8.78. The molecule has 0 heterocycles. The van der Waals surface area contributed by atoms with Crippen molar-refractivity contribution in [2.24, 2.45) is 5.92 Å². The van der Waals surface area contributed by atoms with E-state index in [9.17, 15) is 4.79 Å². The van der Waals surface area contributed by atoms with E-state index in [0.717, 1.165) is 0 Å². The summed E-state index contributed by atoms with van der Waals surface area (Å²) in [7, 11) is 0. The third kappa shape index (κ3) is 9.28. The van der Waals surface area contributed by atoms with Crippen molar-refractivity contribution in [3.05, 3.63) is 0 Å². The van der Waals surface area contributed by atoms with Crippen LogP contribution in [0.1, 0.15) is 13.8 Å². The van der Waals surface area contributed by atoms with Gasteiger partial charge >= 0.3 is 6.09 Å². The lowest BCUT2D eigenvalue weighted by molar-refractivity contribution is 0.0895. The lowest BCUT2D eigenvalue weighted by Gasteiger charge is -2.08. The van der Waals surface area contributed by atoms with E-state index < -0.39 is 6.09 Å². The lowest BCUT2D eigenvalue weighted by atomic mass is 10.2. The third-order valence-corrected chi connectivity index (χ3v) is 1.30. The van der Waals surface area contributed by atoms with Crippen LogP contribution in [-0.4, -0.2) is 44.2 Å². The summed E-state index contributed by atoms with van der Waals surface area (Å²) >= 11 is 0. The maximum atomic E-state index is 10.9. The molecule has 5 nitrogen and oxygen atoms in total. The minimum atomic E-state index is -0.425. The Hall–Kier alpha value is -0.810. The average Bonchev–Trinajstić information content (AvgIpc) is 2.14. The molecule has 14 heavy (non-hydrogen) atoms. The second kappa shape index (κ2) is 8.77. The minimum Gasteiger partial charge on any atom is -0.449 e. The number of ether oxygens (including phenoxy) is 2. The molecule has 0 atom stereocenters. The van der Waals surface area contributed by atoms with Gasteiger partial charge in [0.05, 0.1) is 26.4 Å². The van der Waals surface area contributed by atoms with Gasteiger partial charge in [-0.25, -0.2) is 4.79 Å². The van der Waals surface area contributed by atoms with E-state index in [1.165, 1.54) is 0 Å². The van der Waals surface area contributed by atoms with Crippen molar-refractivity contribution in [2.75, 3.05) is 33.0 Å². The van der Waals surface area contributed by atoms with Crippen molar-refractivity contribution in [2.45, 2.75) is 13.8 Å². The quantitative estimate of drug-likeness (QED) is 0.589. The van der Waals surface area contributed by atoms with Gasteiger partial charge in [-0.15, -0.1) is 0 Å². The zero-order valence-corrected chi connectivity index (χ0v) is 8.78. The highest BCUT2D eigenvalue weighted by Gasteiger charge is 2.01. The molecule has 0 saturated carbocycles. The molecule has 0 saturated heterocycles. The summed E-state index contributed by atoms with van der Waals surface area (Å²) in [5.41, 5.74) is 0. The van der Waals surface area contributed by atoms with Gasteiger partial charge in [0.1, 0.15) is 0 Å². The Morgan fingerprint density at radius 2 is 2.14 bits per heavy atom. The highest BCUT2D eigenvalue weighted by molar-refractivity contribution is 5.66. The van der Waals surface area contributed by atoms with E-state index in [0.29, 0.717) is 32.3 Å². The van der Waals surface area contributed by atoms with Gasteiger partial charge in [-0.2, -0.15) is 0 Å². The van der Waals surface area contributed by atoms with Gasteiger partial charge in [-0.05, 0) is 5.92 Å². The van der Waals surface area contributed by atoms with Crippen molar-refractivity contribution in [1.29, 1.82) is 0 Å². The van der Waals surface area contributed by atoms with E-state index >= 15 is 0 Å². The van der Waals surface area contributed by atoms with Gasteiger partial charge in [-0.1, -0.05) is 13.8 Å². The molecule has 0 aliphatic heterocycles. The summed E-state index contributed by atoms with van der Waals surface area (Å²) in [5, 5.41) is 10.9. The van der Waals surface area contributed by atoms with Crippen LogP contribution >= 0.6 is 0 Å². The van der Waals surface area contributed by atoms with Crippen LogP contribution in [0.25, 0.3) is 0 Å². The first-order chi connectivity index (χ1) is 6.66. The molecule has 84 valence electrons. The van der Waals surface area contributed by atoms with Crippen LogP contribution in [-0.2, 0) is 9.47 Å². The van der Waals surface area contributed by atoms with Gasteiger partial charge in [-0.3, -0.25) is 0 Å². The monoisotopic (exact) mass is 205 g/mol. The number of hydrogen-bond donors (Lipinski definition) is 2. The molecule has 0 aliphatic rings. The number of carbonyl (C=O) groups excluding carboxylic acids is 1. The van der Waals surface area contributed by atoms with Crippen LogP contribution in [0.15, 0.2) is 0 Å². The summed E-state index contributed by atoms with van der Waals surface area (Å²) in [6.07, 6.45) is -0.425. The van der Waals surface area contributed by atoms with Crippen molar-refractivity contribution in [1.82, 2.24) is 5.32 Å². The van der Waals surface area contributed by atoms with E-state index in [4.69, 9.17) is 14.6 Å². The molecule has 0 bridgehead atoms. The van der Waals surface area contributed by atoms with Crippen molar-refractivity contribution in [3.8, 4) is 0 Å². The van der Waals surface area contributed by atoms with E-state index in [1.54, 1.807) is 0 Å².